The molecule has 0 spiro atoms. The highest BCUT2D eigenvalue weighted by Crippen LogP contribution is 2.48. The van der Waals surface area contributed by atoms with E-state index >= 15 is 4.39 Å². The Kier molecular flexibility index (Phi) is 10.1. The van der Waals surface area contributed by atoms with Gasteiger partial charge in [-0.25, -0.2) is 18.7 Å². The lowest BCUT2D eigenvalue weighted by molar-refractivity contribution is -0.115. The highest BCUT2D eigenvalue weighted by atomic mass is 19.1. The molecule has 0 saturated heterocycles. The van der Waals surface area contributed by atoms with Crippen LogP contribution >= 0.6 is 0 Å². The Labute approximate surface area is 264 Å². The normalized spacial score (nSPS) is 12.5. The number of carbonyl (C=O) groups is 1. The second-order valence-electron chi connectivity index (χ2n) is 13.5. The van der Waals surface area contributed by atoms with Crippen LogP contribution in [0, 0.1) is 22.5 Å². The molecule has 2 aromatic heterocycles. The molecule has 11 heteroatoms. The number of anilines is 3. The molecule has 0 fully saturated rings. The van der Waals surface area contributed by atoms with Gasteiger partial charge in [0.15, 0.2) is 17.4 Å². The van der Waals surface area contributed by atoms with Gasteiger partial charge in [0.05, 0.1) is 18.5 Å². The number of halogens is 2. The molecule has 1 amide bonds. The van der Waals surface area contributed by atoms with Crippen molar-refractivity contribution < 1.29 is 18.3 Å². The zero-order chi connectivity index (χ0) is 33.0. The number of benzene rings is 2. The number of amides is 1. The summed E-state index contributed by atoms with van der Waals surface area (Å²) in [6.45, 7) is 20.3. The van der Waals surface area contributed by atoms with E-state index in [2.05, 4.69) is 91.1 Å². The second-order valence-corrected chi connectivity index (χ2v) is 13.5. The number of fused-ring (bicyclic) bond motifs is 1. The standard InChI is InChI=1S/C34H45F2N7O2/c1-9-43(34(8,32(2,3)4)33(5,6)7)14-11-15-45-28-20-27-25(19-26(28)36)31(38-21-37-27)40-29-17-24(41-42-29)18-30(44)39-23-13-10-12-22(35)16-23/h10,12-13,16-17,19-21H,9,11,14-15,18H2,1-8H3,(H,39,44)(H2,37,38,40,41,42). The second kappa shape index (κ2) is 13.5. The summed E-state index contributed by atoms with van der Waals surface area (Å²) >= 11 is 0. The van der Waals surface area contributed by atoms with Gasteiger partial charge in [-0.2, -0.15) is 5.10 Å². The largest absolute Gasteiger partial charge is 0.490 e. The first-order chi connectivity index (χ1) is 21.1. The van der Waals surface area contributed by atoms with E-state index in [-0.39, 0.29) is 34.4 Å². The Balaban J connectivity index is 1.39. The molecule has 0 atom stereocenters. The van der Waals surface area contributed by atoms with Gasteiger partial charge in [-0.15, -0.1) is 0 Å². The molecular weight excluding hydrogens is 576 g/mol. The van der Waals surface area contributed by atoms with E-state index in [9.17, 15) is 9.18 Å². The van der Waals surface area contributed by atoms with Crippen molar-refractivity contribution in [2.45, 2.75) is 73.8 Å². The summed E-state index contributed by atoms with van der Waals surface area (Å²) in [6, 6.07) is 10.2. The predicted molar refractivity (Wildman–Crippen MR) is 175 cm³/mol. The molecule has 9 nitrogen and oxygen atoms in total. The molecule has 0 bridgehead atoms. The molecule has 2 aromatic carbocycles. The molecule has 0 aliphatic rings. The Hall–Kier alpha value is -4.12. The van der Waals surface area contributed by atoms with Gasteiger partial charge in [0.25, 0.3) is 0 Å². The summed E-state index contributed by atoms with van der Waals surface area (Å²) in [6.07, 6.45) is 2.11. The van der Waals surface area contributed by atoms with E-state index < -0.39 is 11.6 Å². The molecule has 2 heterocycles. The lowest BCUT2D eigenvalue weighted by atomic mass is 9.60. The average molecular weight is 622 g/mol. The van der Waals surface area contributed by atoms with E-state index in [4.69, 9.17) is 4.74 Å². The molecule has 3 N–H and O–H groups in total. The van der Waals surface area contributed by atoms with Crippen molar-refractivity contribution in [3.05, 3.63) is 66.1 Å². The van der Waals surface area contributed by atoms with Gasteiger partial charge in [0.2, 0.25) is 5.91 Å². The Morgan fingerprint density at radius 1 is 1.00 bits per heavy atom. The monoisotopic (exact) mass is 621 g/mol. The molecule has 0 unspecified atom stereocenters. The molecule has 45 heavy (non-hydrogen) atoms. The van der Waals surface area contributed by atoms with Crippen LogP contribution in [0.4, 0.5) is 26.1 Å². The SMILES string of the molecule is CCN(CCCOc1cc2ncnc(Nc3cc(CC(=O)Nc4cccc(F)c4)[nH]n3)c2cc1F)C(C)(C(C)(C)C)C(C)(C)C. The number of H-pyrrole nitrogens is 1. The summed E-state index contributed by atoms with van der Waals surface area (Å²) < 4.78 is 34.6. The summed E-state index contributed by atoms with van der Waals surface area (Å²) in [7, 11) is 0. The number of ether oxygens (including phenoxy) is 1. The van der Waals surface area contributed by atoms with Crippen molar-refractivity contribution in [1.29, 1.82) is 0 Å². The molecular formula is C34H45F2N7O2. The number of aromatic nitrogens is 4. The Morgan fingerprint density at radius 3 is 2.40 bits per heavy atom. The molecule has 0 radical (unpaired) electrons. The van der Waals surface area contributed by atoms with Gasteiger partial charge >= 0.3 is 0 Å². The molecule has 0 aliphatic heterocycles. The van der Waals surface area contributed by atoms with Crippen LogP contribution in [-0.2, 0) is 11.2 Å². The summed E-state index contributed by atoms with van der Waals surface area (Å²) in [5.74, 6) is -0.406. The van der Waals surface area contributed by atoms with Crippen LogP contribution in [0.25, 0.3) is 10.9 Å². The van der Waals surface area contributed by atoms with Gasteiger partial charge < -0.3 is 15.4 Å². The summed E-state index contributed by atoms with van der Waals surface area (Å²) in [5, 5.41) is 13.2. The van der Waals surface area contributed by atoms with E-state index in [1.165, 1.54) is 30.6 Å². The number of carbonyl (C=O) groups excluding carboxylic acids is 1. The van der Waals surface area contributed by atoms with E-state index in [0.717, 1.165) is 19.5 Å². The Bertz CT molecular complexity index is 1610. The zero-order valence-electron chi connectivity index (χ0n) is 27.5. The third kappa shape index (κ3) is 7.76. The smallest absolute Gasteiger partial charge is 0.230 e. The lowest BCUT2D eigenvalue weighted by Gasteiger charge is -2.57. The summed E-state index contributed by atoms with van der Waals surface area (Å²) in [4.78, 5) is 23.5. The zero-order valence-corrected chi connectivity index (χ0v) is 27.5. The minimum Gasteiger partial charge on any atom is -0.490 e. The molecule has 0 saturated carbocycles. The van der Waals surface area contributed by atoms with Crippen LogP contribution in [0.15, 0.2) is 48.8 Å². The quantitative estimate of drug-likeness (QED) is 0.141. The predicted octanol–water partition coefficient (Wildman–Crippen LogP) is 7.50. The van der Waals surface area contributed by atoms with E-state index in [1.807, 2.05) is 0 Å². The maximum absolute atomic E-state index is 15.2. The van der Waals surface area contributed by atoms with Gasteiger partial charge in [0.1, 0.15) is 18.0 Å². The van der Waals surface area contributed by atoms with Crippen molar-refractivity contribution in [2.24, 2.45) is 10.8 Å². The molecule has 4 rings (SSSR count). The highest BCUT2D eigenvalue weighted by molar-refractivity contribution is 5.93. The van der Waals surface area contributed by atoms with Crippen molar-refractivity contribution in [3.63, 3.8) is 0 Å². The first kappa shape index (κ1) is 33.8. The number of hydrogen-bond acceptors (Lipinski definition) is 7. The number of nitrogens with one attached hydrogen (secondary N) is 3. The third-order valence-electron chi connectivity index (χ3n) is 8.79. The number of rotatable bonds is 12. The van der Waals surface area contributed by atoms with Crippen molar-refractivity contribution in [2.75, 3.05) is 30.3 Å². The van der Waals surface area contributed by atoms with Crippen LogP contribution in [0.5, 0.6) is 5.75 Å². The van der Waals surface area contributed by atoms with Gasteiger partial charge in [-0.3, -0.25) is 14.8 Å². The van der Waals surface area contributed by atoms with Crippen molar-refractivity contribution >= 4 is 34.1 Å². The number of nitrogens with zero attached hydrogens (tertiary/aromatic N) is 4. The van der Waals surface area contributed by atoms with Crippen LogP contribution in [0.3, 0.4) is 0 Å². The van der Waals surface area contributed by atoms with Gasteiger partial charge in [-0.1, -0.05) is 54.5 Å². The number of aromatic amines is 1. The fourth-order valence-corrected chi connectivity index (χ4v) is 6.06. The summed E-state index contributed by atoms with van der Waals surface area (Å²) in [5.41, 5.74) is 1.44. The third-order valence-corrected chi connectivity index (χ3v) is 8.79. The van der Waals surface area contributed by atoms with E-state index in [1.54, 1.807) is 18.2 Å². The maximum Gasteiger partial charge on any atom is 0.230 e. The fourth-order valence-electron chi connectivity index (χ4n) is 6.06. The number of hydrogen-bond donors (Lipinski definition) is 3. The van der Waals surface area contributed by atoms with Crippen molar-refractivity contribution in [3.8, 4) is 5.75 Å². The first-order valence-corrected chi connectivity index (χ1v) is 15.3. The lowest BCUT2D eigenvalue weighted by Crippen LogP contribution is -2.62. The maximum atomic E-state index is 15.2. The molecule has 4 aromatic rings. The van der Waals surface area contributed by atoms with Crippen LogP contribution in [0.1, 0.15) is 67.5 Å². The topological polar surface area (TPSA) is 108 Å². The van der Waals surface area contributed by atoms with Crippen LogP contribution in [0.2, 0.25) is 0 Å². The molecule has 242 valence electrons. The van der Waals surface area contributed by atoms with Crippen molar-refractivity contribution in [1.82, 2.24) is 25.1 Å². The minimum atomic E-state index is -0.515. The molecule has 0 aliphatic carbocycles. The fraction of sp³-hybridized carbons (Fsp3) is 0.471. The van der Waals surface area contributed by atoms with Gasteiger partial charge in [0, 0.05) is 41.0 Å². The van der Waals surface area contributed by atoms with Crippen LogP contribution < -0.4 is 15.4 Å². The van der Waals surface area contributed by atoms with Crippen LogP contribution in [-0.4, -0.2) is 56.2 Å². The average Bonchev–Trinajstić information content (AvgIpc) is 3.38. The highest BCUT2D eigenvalue weighted by Gasteiger charge is 2.49. The first-order valence-electron chi connectivity index (χ1n) is 15.3. The minimum absolute atomic E-state index is 0.00723. The van der Waals surface area contributed by atoms with E-state index in [0.29, 0.717) is 40.5 Å². The van der Waals surface area contributed by atoms with Gasteiger partial charge in [-0.05, 0) is 55.0 Å². The Morgan fingerprint density at radius 2 is 1.73 bits per heavy atom.